The number of pyridine rings is 1. The summed E-state index contributed by atoms with van der Waals surface area (Å²) >= 11 is 0.994. The molecule has 3 heterocycles. The molecule has 0 saturated carbocycles. The van der Waals surface area contributed by atoms with E-state index in [4.69, 9.17) is 30.5 Å². The normalized spacial score (nSPS) is 11.5. The molecule has 0 bridgehead atoms. The van der Waals surface area contributed by atoms with Gasteiger partial charge in [-0.05, 0) is 41.8 Å². The highest BCUT2D eigenvalue weighted by Crippen LogP contribution is 2.31. The van der Waals surface area contributed by atoms with Crippen LogP contribution in [0, 0.1) is 5.41 Å². The van der Waals surface area contributed by atoms with Gasteiger partial charge in [0.2, 0.25) is 0 Å². The molecule has 0 spiro atoms. The fraction of sp³-hybridized carbons (Fsp3) is 0.167. The number of thiophene rings is 1. The fourth-order valence-corrected chi connectivity index (χ4v) is 4.10. The van der Waals surface area contributed by atoms with Gasteiger partial charge >= 0.3 is 23.8 Å². The number of methoxy groups -OCH3 is 2. The van der Waals surface area contributed by atoms with Crippen LogP contribution in [0.15, 0.2) is 52.8 Å². The van der Waals surface area contributed by atoms with Crippen molar-refractivity contribution < 1.29 is 42.4 Å². The van der Waals surface area contributed by atoms with E-state index in [-0.39, 0.29) is 28.1 Å². The molecule has 0 amide bonds. The molecule has 3 aromatic heterocycles. The van der Waals surface area contributed by atoms with Crippen molar-refractivity contribution in [3.63, 3.8) is 0 Å². The Labute approximate surface area is 237 Å². The molecule has 222 valence electrons. The second-order valence-electron chi connectivity index (χ2n) is 8.02. The molecule has 4 aromatic rings. The van der Waals surface area contributed by atoms with Gasteiger partial charge in [0.25, 0.3) is 5.88 Å². The summed E-state index contributed by atoms with van der Waals surface area (Å²) in [4.78, 5) is 40.2. The summed E-state index contributed by atoms with van der Waals surface area (Å²) in [5, 5.41) is 33.4. The molecule has 0 saturated heterocycles. The third-order valence-corrected chi connectivity index (χ3v) is 6.20. The second-order valence-corrected chi connectivity index (χ2v) is 8.93. The number of carboxylic acid groups (broad SMARTS) is 2. The average Bonchev–Trinajstić information content (AvgIpc) is 3.58. The van der Waals surface area contributed by atoms with E-state index in [0.717, 1.165) is 16.0 Å². The minimum Gasteiger partial charge on any atom is -0.491 e. The predicted molar refractivity (Wildman–Crippen MR) is 143 cm³/mol. The number of rotatable bonds is 9. The van der Waals surface area contributed by atoms with E-state index in [2.05, 4.69) is 20.4 Å². The van der Waals surface area contributed by atoms with Crippen LogP contribution in [0.25, 0.3) is 5.69 Å². The lowest BCUT2D eigenvalue weighted by Gasteiger charge is -2.19. The van der Waals surface area contributed by atoms with Crippen LogP contribution in [0.5, 0.6) is 11.6 Å². The van der Waals surface area contributed by atoms with Crippen molar-refractivity contribution in [3.8, 4) is 17.3 Å². The number of nitrogens with zero attached hydrogens (tertiary/aromatic N) is 3. The Hall–Kier alpha value is -5.39. The van der Waals surface area contributed by atoms with E-state index in [9.17, 15) is 27.9 Å². The molecule has 0 aliphatic carbocycles. The van der Waals surface area contributed by atoms with Gasteiger partial charge in [-0.25, -0.2) is 19.4 Å². The maximum atomic E-state index is 12.8. The van der Waals surface area contributed by atoms with Gasteiger partial charge in [0, 0.05) is 23.0 Å². The first-order valence-electron chi connectivity index (χ1n) is 11.4. The Balaban J connectivity index is 0.000000616. The number of carboxylic acids is 2. The topological polar surface area (TPSA) is 219 Å². The Morgan fingerprint density at radius 2 is 1.81 bits per heavy atom. The number of aromatic amines is 1. The van der Waals surface area contributed by atoms with E-state index in [1.807, 2.05) is 0 Å². The number of hydrogen-bond donors (Lipinski definition) is 6. The predicted octanol–water partition coefficient (Wildman–Crippen LogP) is 2.85. The van der Waals surface area contributed by atoms with E-state index in [0.29, 0.717) is 22.6 Å². The highest BCUT2D eigenvalue weighted by Gasteiger charge is 2.38. The van der Waals surface area contributed by atoms with E-state index in [1.165, 1.54) is 20.3 Å². The van der Waals surface area contributed by atoms with Crippen LogP contribution in [-0.2, 0) is 4.79 Å². The number of anilines is 1. The van der Waals surface area contributed by atoms with Crippen LogP contribution in [0.1, 0.15) is 32.7 Å². The molecule has 1 unspecified atom stereocenters. The highest BCUT2D eigenvalue weighted by molar-refractivity contribution is 7.12. The number of amidine groups is 1. The van der Waals surface area contributed by atoms with Crippen LogP contribution < -0.4 is 26.2 Å². The number of halogens is 3. The number of hydrogen-bond acceptors (Lipinski definition) is 10. The molecular weight excluding hydrogens is 587 g/mol. The molecule has 0 fully saturated rings. The second kappa shape index (κ2) is 12.9. The number of nitrogen functional groups attached to an aromatic ring is 1. The molecule has 4 rings (SSSR count). The number of H-pyrrole nitrogens is 1. The SMILES string of the molecule is COc1cc(C(Nc2ccc(C(=N)N)cc2)c2nn(-c3ccsc3C(=O)O)c(=O)[nH]2)cnc1OC.O=C(O)C(F)(F)F. The van der Waals surface area contributed by atoms with E-state index < -0.39 is 29.8 Å². The zero-order valence-corrected chi connectivity index (χ0v) is 22.4. The molecule has 42 heavy (non-hydrogen) atoms. The number of nitrogens with one attached hydrogen (secondary N) is 3. The smallest absolute Gasteiger partial charge is 0.490 e. The first-order valence-corrected chi connectivity index (χ1v) is 12.2. The van der Waals surface area contributed by atoms with Crippen molar-refractivity contribution in [1.29, 1.82) is 5.41 Å². The van der Waals surface area contributed by atoms with Crippen LogP contribution in [0.4, 0.5) is 18.9 Å². The van der Waals surface area contributed by atoms with Gasteiger partial charge in [0.15, 0.2) is 11.6 Å². The Kier molecular flexibility index (Phi) is 9.53. The molecule has 0 radical (unpaired) electrons. The van der Waals surface area contributed by atoms with Crippen molar-refractivity contribution in [2.75, 3.05) is 19.5 Å². The molecule has 1 aromatic carbocycles. The highest BCUT2D eigenvalue weighted by atomic mass is 32.1. The molecule has 0 aliphatic rings. The van der Waals surface area contributed by atoms with Crippen molar-refractivity contribution in [2.24, 2.45) is 5.73 Å². The fourth-order valence-electron chi connectivity index (χ4n) is 3.39. The number of nitrogens with two attached hydrogens (primary N) is 1. The Bertz CT molecular complexity index is 1650. The number of carbonyl (C=O) groups is 2. The third-order valence-electron chi connectivity index (χ3n) is 5.31. The lowest BCUT2D eigenvalue weighted by molar-refractivity contribution is -0.192. The molecule has 0 aliphatic heterocycles. The summed E-state index contributed by atoms with van der Waals surface area (Å²) < 4.78 is 43.3. The summed E-state index contributed by atoms with van der Waals surface area (Å²) in [6, 6.07) is 9.31. The lowest BCUT2D eigenvalue weighted by atomic mass is 10.1. The molecular formula is C24H22F3N7O7S. The van der Waals surface area contributed by atoms with Gasteiger partial charge in [0.1, 0.15) is 16.8 Å². The molecule has 18 heteroatoms. The molecule has 14 nitrogen and oxygen atoms in total. The number of alkyl halides is 3. The maximum absolute atomic E-state index is 12.8. The van der Waals surface area contributed by atoms with Gasteiger partial charge in [-0.3, -0.25) is 10.4 Å². The third kappa shape index (κ3) is 7.22. The van der Waals surface area contributed by atoms with E-state index in [1.54, 1.807) is 41.9 Å². The van der Waals surface area contributed by atoms with Crippen molar-refractivity contribution >= 4 is 34.8 Å². The van der Waals surface area contributed by atoms with Crippen molar-refractivity contribution in [2.45, 2.75) is 12.2 Å². The minimum atomic E-state index is -5.08. The van der Waals surface area contributed by atoms with Gasteiger partial charge in [-0.2, -0.15) is 17.9 Å². The number of benzene rings is 1. The van der Waals surface area contributed by atoms with E-state index >= 15 is 0 Å². The zero-order chi connectivity index (χ0) is 31.2. The Morgan fingerprint density at radius 3 is 2.33 bits per heavy atom. The Morgan fingerprint density at radius 1 is 1.17 bits per heavy atom. The maximum Gasteiger partial charge on any atom is 0.490 e. The zero-order valence-electron chi connectivity index (χ0n) is 21.6. The first kappa shape index (κ1) is 31.1. The summed E-state index contributed by atoms with van der Waals surface area (Å²) in [6.45, 7) is 0. The van der Waals surface area contributed by atoms with Crippen LogP contribution in [0.3, 0.4) is 0 Å². The average molecular weight is 610 g/mol. The molecule has 1 atom stereocenters. The monoisotopic (exact) mass is 609 g/mol. The summed E-state index contributed by atoms with van der Waals surface area (Å²) in [5.41, 5.74) is 6.88. The van der Waals surface area contributed by atoms with Crippen LogP contribution in [0.2, 0.25) is 0 Å². The van der Waals surface area contributed by atoms with Gasteiger partial charge in [-0.15, -0.1) is 16.4 Å². The van der Waals surface area contributed by atoms with Gasteiger partial charge in [-0.1, -0.05) is 0 Å². The van der Waals surface area contributed by atoms with Crippen molar-refractivity contribution in [3.05, 3.63) is 80.3 Å². The van der Waals surface area contributed by atoms with Crippen LogP contribution >= 0.6 is 11.3 Å². The van der Waals surface area contributed by atoms with Crippen LogP contribution in [-0.4, -0.2) is 68.1 Å². The standard InChI is InChI=1S/C22H21N7O5S.C2HF3O2/c1-33-15-9-12(10-25-20(15)34-2)16(26-13-5-3-11(4-6-13)18(23)24)19-27-22(32)29(28-19)14-7-8-35-17(14)21(30)31;3-2(4,5)1(6)7/h3-10,16,26H,1-2H3,(H3,23,24)(H,30,31)(H,27,28,32);(H,6,7). The van der Waals surface area contributed by atoms with Gasteiger partial charge < -0.3 is 30.7 Å². The summed E-state index contributed by atoms with van der Waals surface area (Å²) in [5.74, 6) is -3.11. The number of aromatic carboxylic acids is 1. The first-order chi connectivity index (χ1) is 19.8. The quantitative estimate of drug-likeness (QED) is 0.120. The largest absolute Gasteiger partial charge is 0.491 e. The number of ether oxygens (including phenoxy) is 2. The molecule has 7 N–H and O–H groups in total. The summed E-state index contributed by atoms with van der Waals surface area (Å²) in [7, 11) is 2.95. The number of aromatic nitrogens is 4. The van der Waals surface area contributed by atoms with Gasteiger partial charge in [0.05, 0.1) is 19.9 Å². The summed E-state index contributed by atoms with van der Waals surface area (Å²) in [6.07, 6.45) is -3.53. The van der Waals surface area contributed by atoms with Crippen molar-refractivity contribution in [1.82, 2.24) is 19.7 Å². The number of aliphatic carboxylic acids is 1. The lowest BCUT2D eigenvalue weighted by Crippen LogP contribution is -2.21. The minimum absolute atomic E-state index is 0.0118.